The largest absolute Gasteiger partial charge is 0.508 e. The van der Waals surface area contributed by atoms with Crippen LogP contribution >= 0.6 is 0 Å². The van der Waals surface area contributed by atoms with Gasteiger partial charge in [0.25, 0.3) is 0 Å². The van der Waals surface area contributed by atoms with Crippen LogP contribution in [0.5, 0.6) is 5.75 Å². The van der Waals surface area contributed by atoms with Crippen LogP contribution in [-0.4, -0.2) is 24.1 Å². The van der Waals surface area contributed by atoms with Crippen LogP contribution in [-0.2, 0) is 4.79 Å². The molecule has 0 bridgehead atoms. The summed E-state index contributed by atoms with van der Waals surface area (Å²) in [6.07, 6.45) is 0. The predicted molar refractivity (Wildman–Crippen MR) is 62.3 cm³/mol. The quantitative estimate of drug-likeness (QED) is 0.717. The molecule has 16 heavy (non-hydrogen) atoms. The van der Waals surface area contributed by atoms with Gasteiger partial charge in [-0.1, -0.05) is 13.0 Å². The van der Waals surface area contributed by atoms with Crippen molar-refractivity contribution in [1.82, 2.24) is 5.32 Å². The molecule has 3 N–H and O–H groups in total. The average Bonchev–Trinajstić information content (AvgIpc) is 2.14. The summed E-state index contributed by atoms with van der Waals surface area (Å²) in [7, 11) is 0. The molecule has 1 aromatic rings. The van der Waals surface area contributed by atoms with E-state index in [2.05, 4.69) is 10.6 Å². The smallest absolute Gasteiger partial charge is 0.227 e. The summed E-state index contributed by atoms with van der Waals surface area (Å²) in [5.41, 5.74) is 0.643. The maximum Gasteiger partial charge on any atom is 0.227 e. The van der Waals surface area contributed by atoms with Gasteiger partial charge in [-0.25, -0.2) is 0 Å². The summed E-state index contributed by atoms with van der Waals surface area (Å²) in [5, 5.41) is 15.2. The number of anilines is 1. The molecular formula is C12H16N2O2. The second-order valence-electron chi connectivity index (χ2n) is 4.25. The van der Waals surface area contributed by atoms with E-state index in [-0.39, 0.29) is 17.6 Å². The Bertz CT molecular complexity index is 388. The molecule has 1 aliphatic rings. The number of aromatic hydroxyl groups is 1. The number of amides is 1. The fraction of sp³-hybridized carbons (Fsp3) is 0.417. The van der Waals surface area contributed by atoms with E-state index in [9.17, 15) is 9.90 Å². The molecule has 1 fully saturated rings. The van der Waals surface area contributed by atoms with Crippen molar-refractivity contribution in [3.8, 4) is 5.75 Å². The summed E-state index contributed by atoms with van der Waals surface area (Å²) in [6.45, 7) is 3.76. The maximum absolute atomic E-state index is 11.8. The number of nitrogens with one attached hydrogen (secondary N) is 2. The van der Waals surface area contributed by atoms with Crippen molar-refractivity contribution in [1.29, 1.82) is 0 Å². The highest BCUT2D eigenvalue weighted by Crippen LogP contribution is 2.20. The van der Waals surface area contributed by atoms with Gasteiger partial charge in [0.1, 0.15) is 5.75 Å². The number of benzene rings is 1. The van der Waals surface area contributed by atoms with Gasteiger partial charge in [-0.15, -0.1) is 0 Å². The number of rotatable bonds is 3. The van der Waals surface area contributed by atoms with Gasteiger partial charge in [0, 0.05) is 17.7 Å². The molecule has 2 rings (SSSR count). The predicted octanol–water partition coefficient (Wildman–Crippen LogP) is 1.19. The molecule has 1 amide bonds. The zero-order chi connectivity index (χ0) is 11.5. The number of carbonyl (C=O) groups is 1. The van der Waals surface area contributed by atoms with Crippen LogP contribution in [0.25, 0.3) is 0 Å². The van der Waals surface area contributed by atoms with Gasteiger partial charge in [0.2, 0.25) is 5.91 Å². The molecule has 1 unspecified atom stereocenters. The molecule has 0 aliphatic carbocycles. The molecule has 1 atom stereocenters. The first-order valence-electron chi connectivity index (χ1n) is 5.47. The third kappa shape index (κ3) is 2.33. The maximum atomic E-state index is 11.8. The third-order valence-corrected chi connectivity index (χ3v) is 3.05. The number of hydrogen-bond acceptors (Lipinski definition) is 3. The van der Waals surface area contributed by atoms with E-state index in [0.29, 0.717) is 11.6 Å². The number of phenolic OH excluding ortho intramolecular Hbond substituents is 1. The highest BCUT2D eigenvalue weighted by Gasteiger charge is 2.28. The van der Waals surface area contributed by atoms with E-state index < -0.39 is 0 Å². The monoisotopic (exact) mass is 220 g/mol. The molecule has 4 nitrogen and oxygen atoms in total. The van der Waals surface area contributed by atoms with Crippen LogP contribution in [0.15, 0.2) is 24.3 Å². The minimum absolute atomic E-state index is 0.00333. The first-order chi connectivity index (χ1) is 7.66. The molecule has 1 aromatic carbocycles. The van der Waals surface area contributed by atoms with Crippen LogP contribution in [0, 0.1) is 11.8 Å². The Balaban J connectivity index is 1.96. The molecule has 1 heterocycles. The van der Waals surface area contributed by atoms with Gasteiger partial charge in [-0.05, 0) is 31.1 Å². The topological polar surface area (TPSA) is 61.4 Å². The molecule has 1 aliphatic heterocycles. The highest BCUT2D eigenvalue weighted by molar-refractivity contribution is 5.92. The van der Waals surface area contributed by atoms with Gasteiger partial charge in [-0.3, -0.25) is 4.79 Å². The first-order valence-corrected chi connectivity index (χ1v) is 5.47. The Morgan fingerprint density at radius 1 is 1.56 bits per heavy atom. The second-order valence-corrected chi connectivity index (χ2v) is 4.25. The standard InChI is InChI=1S/C12H16N2O2/c1-8(9-6-13-7-9)12(16)14-10-3-2-4-11(15)5-10/h2-5,8-9,13,15H,6-7H2,1H3,(H,14,16). The Kier molecular flexibility index (Phi) is 3.10. The molecule has 0 radical (unpaired) electrons. The Labute approximate surface area is 94.7 Å². The lowest BCUT2D eigenvalue weighted by atomic mass is 9.88. The minimum atomic E-state index is 0.00333. The Morgan fingerprint density at radius 3 is 2.88 bits per heavy atom. The number of phenols is 1. The Morgan fingerprint density at radius 2 is 2.31 bits per heavy atom. The molecular weight excluding hydrogens is 204 g/mol. The normalized spacial score (nSPS) is 17.6. The zero-order valence-corrected chi connectivity index (χ0v) is 9.23. The van der Waals surface area contributed by atoms with Gasteiger partial charge >= 0.3 is 0 Å². The van der Waals surface area contributed by atoms with E-state index in [4.69, 9.17) is 0 Å². The lowest BCUT2D eigenvalue weighted by Gasteiger charge is -2.31. The SMILES string of the molecule is CC(C(=O)Nc1cccc(O)c1)C1CNC1. The summed E-state index contributed by atoms with van der Waals surface area (Å²) in [6, 6.07) is 6.60. The van der Waals surface area contributed by atoms with Crippen molar-refractivity contribution < 1.29 is 9.90 Å². The lowest BCUT2D eigenvalue weighted by Crippen LogP contribution is -2.48. The number of carbonyl (C=O) groups excluding carboxylic acids is 1. The fourth-order valence-electron chi connectivity index (χ4n) is 1.72. The van der Waals surface area contributed by atoms with Gasteiger partial charge in [0.05, 0.1) is 0 Å². The Hall–Kier alpha value is -1.55. The minimum Gasteiger partial charge on any atom is -0.508 e. The van der Waals surface area contributed by atoms with Crippen LogP contribution in [0.1, 0.15) is 6.92 Å². The van der Waals surface area contributed by atoms with Gasteiger partial charge in [0.15, 0.2) is 0 Å². The van der Waals surface area contributed by atoms with Crippen molar-refractivity contribution >= 4 is 11.6 Å². The van der Waals surface area contributed by atoms with E-state index in [1.165, 1.54) is 0 Å². The fourth-order valence-corrected chi connectivity index (χ4v) is 1.72. The van der Waals surface area contributed by atoms with Crippen LogP contribution in [0.3, 0.4) is 0 Å². The van der Waals surface area contributed by atoms with E-state index >= 15 is 0 Å². The summed E-state index contributed by atoms with van der Waals surface area (Å²) in [4.78, 5) is 11.8. The summed E-state index contributed by atoms with van der Waals surface area (Å²) < 4.78 is 0. The van der Waals surface area contributed by atoms with Crippen molar-refractivity contribution in [2.75, 3.05) is 18.4 Å². The van der Waals surface area contributed by atoms with E-state index in [0.717, 1.165) is 13.1 Å². The van der Waals surface area contributed by atoms with Crippen LogP contribution in [0.2, 0.25) is 0 Å². The third-order valence-electron chi connectivity index (χ3n) is 3.05. The van der Waals surface area contributed by atoms with Crippen molar-refractivity contribution in [3.05, 3.63) is 24.3 Å². The molecule has 0 saturated carbocycles. The average molecular weight is 220 g/mol. The van der Waals surface area contributed by atoms with Crippen molar-refractivity contribution in [3.63, 3.8) is 0 Å². The van der Waals surface area contributed by atoms with Gasteiger partial charge < -0.3 is 15.7 Å². The summed E-state index contributed by atoms with van der Waals surface area (Å²) in [5.74, 6) is 0.605. The highest BCUT2D eigenvalue weighted by atomic mass is 16.3. The first kappa shape index (κ1) is 11.0. The van der Waals surface area contributed by atoms with Crippen molar-refractivity contribution in [2.24, 2.45) is 11.8 Å². The van der Waals surface area contributed by atoms with Gasteiger partial charge in [-0.2, -0.15) is 0 Å². The number of hydrogen-bond donors (Lipinski definition) is 3. The molecule has 0 aromatic heterocycles. The molecule has 0 spiro atoms. The summed E-state index contributed by atoms with van der Waals surface area (Å²) >= 11 is 0. The zero-order valence-electron chi connectivity index (χ0n) is 9.23. The van der Waals surface area contributed by atoms with Crippen LogP contribution < -0.4 is 10.6 Å². The van der Waals surface area contributed by atoms with E-state index in [1.54, 1.807) is 24.3 Å². The molecule has 4 heteroatoms. The lowest BCUT2D eigenvalue weighted by molar-refractivity contribution is -0.121. The van der Waals surface area contributed by atoms with Crippen molar-refractivity contribution in [2.45, 2.75) is 6.92 Å². The van der Waals surface area contributed by atoms with Crippen LogP contribution in [0.4, 0.5) is 5.69 Å². The molecule has 1 saturated heterocycles. The van der Waals surface area contributed by atoms with E-state index in [1.807, 2.05) is 6.92 Å². The molecule has 86 valence electrons. The second kappa shape index (κ2) is 4.53.